The fourth-order valence-corrected chi connectivity index (χ4v) is 2.98. The molecule has 7 heteroatoms. The Morgan fingerprint density at radius 1 is 0.850 bits per heavy atom. The topological polar surface area (TPSA) is 68.1 Å². The maximum absolute atomic E-state index is 11.0. The van der Waals surface area contributed by atoms with Crippen LogP contribution in [0, 0.1) is 0 Å². The Morgan fingerprint density at radius 2 is 1.25 bits per heavy atom. The van der Waals surface area contributed by atoms with Gasteiger partial charge in [0, 0.05) is 21.8 Å². The molecular weight excluding hydrogens is 295 g/mol. The summed E-state index contributed by atoms with van der Waals surface area (Å²) in [6.07, 6.45) is -0.513. The minimum Gasteiger partial charge on any atom is -0.809 e. The first-order chi connectivity index (χ1) is 8.56. The molecule has 0 spiro atoms. The Balaban J connectivity index is 0.000001000. The van der Waals surface area contributed by atoms with Gasteiger partial charge in [-0.2, -0.15) is 0 Å². The van der Waals surface area contributed by atoms with Gasteiger partial charge in [0.25, 0.3) is 0 Å². The summed E-state index contributed by atoms with van der Waals surface area (Å²) in [7, 11) is -4.60. The van der Waals surface area contributed by atoms with Crippen LogP contribution in [-0.4, -0.2) is 4.57 Å². The average Bonchev–Trinajstić information content (AvgIpc) is 2.64. The first-order valence-corrected chi connectivity index (χ1v) is 7.26. The van der Waals surface area contributed by atoms with Gasteiger partial charge in [-0.1, -0.05) is 36.4 Å². The van der Waals surface area contributed by atoms with Crippen LogP contribution in [0.4, 0.5) is 0 Å². The standard InChI is InChI=1S/C13H12NO3P.2Na/c15-18(16,17)9-14-12-7-3-1-5-10(12)11-6-2-4-8-13(11)14;;/h1-8H,9H2,(H2,15,16,17);;/q;2*+1/p-2. The summed E-state index contributed by atoms with van der Waals surface area (Å²) in [4.78, 5) is 22.1. The minimum atomic E-state index is -4.60. The van der Waals surface area contributed by atoms with Crippen LogP contribution in [0.15, 0.2) is 48.5 Å². The third-order valence-electron chi connectivity index (χ3n) is 2.99. The third kappa shape index (κ3) is 3.58. The van der Waals surface area contributed by atoms with Crippen LogP contribution in [0.5, 0.6) is 0 Å². The molecule has 1 aromatic heterocycles. The van der Waals surface area contributed by atoms with Crippen molar-refractivity contribution in [3.63, 3.8) is 0 Å². The van der Waals surface area contributed by atoms with Gasteiger partial charge in [0.2, 0.25) is 0 Å². The van der Waals surface area contributed by atoms with Crippen molar-refractivity contribution in [3.05, 3.63) is 48.5 Å². The largest absolute Gasteiger partial charge is 1.00 e. The van der Waals surface area contributed by atoms with Crippen molar-refractivity contribution < 1.29 is 73.5 Å². The van der Waals surface area contributed by atoms with Gasteiger partial charge in [-0.3, -0.25) is 0 Å². The zero-order valence-corrected chi connectivity index (χ0v) is 16.3. The Bertz CT molecular complexity index is 728. The van der Waals surface area contributed by atoms with E-state index < -0.39 is 13.9 Å². The summed E-state index contributed by atoms with van der Waals surface area (Å²) in [5.41, 5.74) is 1.54. The summed E-state index contributed by atoms with van der Waals surface area (Å²) in [6, 6.07) is 15.0. The fraction of sp³-hybridized carbons (Fsp3) is 0.0769. The fourth-order valence-electron chi connectivity index (χ4n) is 2.33. The molecule has 92 valence electrons. The summed E-state index contributed by atoms with van der Waals surface area (Å²) in [5.74, 6) is 0. The third-order valence-corrected chi connectivity index (χ3v) is 3.62. The molecule has 0 saturated heterocycles. The molecule has 0 aliphatic rings. The molecule has 3 aromatic rings. The van der Waals surface area contributed by atoms with Gasteiger partial charge < -0.3 is 18.9 Å². The molecule has 0 fully saturated rings. The molecule has 3 rings (SSSR count). The second-order valence-corrected chi connectivity index (χ2v) is 5.72. The van der Waals surface area contributed by atoms with Gasteiger partial charge in [0.1, 0.15) is 0 Å². The van der Waals surface area contributed by atoms with E-state index >= 15 is 0 Å². The van der Waals surface area contributed by atoms with E-state index in [9.17, 15) is 14.4 Å². The van der Waals surface area contributed by atoms with E-state index in [0.29, 0.717) is 0 Å². The van der Waals surface area contributed by atoms with Crippen LogP contribution >= 0.6 is 7.60 Å². The summed E-state index contributed by atoms with van der Waals surface area (Å²) in [6.45, 7) is 0. The number of hydrogen-bond acceptors (Lipinski definition) is 3. The monoisotopic (exact) mass is 305 g/mol. The smallest absolute Gasteiger partial charge is 0.809 e. The Kier molecular flexibility index (Phi) is 6.55. The summed E-state index contributed by atoms with van der Waals surface area (Å²) < 4.78 is 12.6. The molecule has 0 unspecified atom stereocenters. The van der Waals surface area contributed by atoms with Crippen LogP contribution in [0.1, 0.15) is 0 Å². The maximum atomic E-state index is 11.0. The summed E-state index contributed by atoms with van der Waals surface area (Å²) in [5, 5.41) is 1.92. The van der Waals surface area contributed by atoms with Crippen molar-refractivity contribution in [1.82, 2.24) is 4.57 Å². The van der Waals surface area contributed by atoms with Crippen molar-refractivity contribution in [2.24, 2.45) is 0 Å². The van der Waals surface area contributed by atoms with Crippen LogP contribution in [0.2, 0.25) is 0 Å². The number of rotatable bonds is 2. The number of fused-ring (bicyclic) bond motifs is 3. The predicted octanol–water partition coefficient (Wildman–Crippen LogP) is -4.33. The van der Waals surface area contributed by atoms with E-state index in [4.69, 9.17) is 0 Å². The van der Waals surface area contributed by atoms with Crippen molar-refractivity contribution in [3.8, 4) is 0 Å². The van der Waals surface area contributed by atoms with Gasteiger partial charge in [-0.25, -0.2) is 0 Å². The van der Waals surface area contributed by atoms with Crippen molar-refractivity contribution in [1.29, 1.82) is 0 Å². The molecule has 2 aromatic carbocycles. The molecule has 4 nitrogen and oxygen atoms in total. The number of benzene rings is 2. The average molecular weight is 305 g/mol. The van der Waals surface area contributed by atoms with Gasteiger partial charge in [0.05, 0.1) is 6.29 Å². The molecule has 0 saturated carbocycles. The zero-order valence-electron chi connectivity index (χ0n) is 11.4. The van der Waals surface area contributed by atoms with Gasteiger partial charge in [-0.15, -0.1) is 0 Å². The Hall–Kier alpha value is 0.390. The molecule has 1 heterocycles. The maximum Gasteiger partial charge on any atom is 1.00 e. The molecule has 0 amide bonds. The van der Waals surface area contributed by atoms with Crippen LogP contribution < -0.4 is 68.9 Å². The Labute approximate surface area is 160 Å². The normalized spacial score (nSPS) is 11.1. The van der Waals surface area contributed by atoms with Crippen molar-refractivity contribution in [2.45, 2.75) is 6.29 Å². The molecule has 0 bridgehead atoms. The van der Waals surface area contributed by atoms with Crippen molar-refractivity contribution in [2.75, 3.05) is 0 Å². The van der Waals surface area contributed by atoms with E-state index in [2.05, 4.69) is 0 Å². The first-order valence-electron chi connectivity index (χ1n) is 5.53. The number of hydrogen-bond donors (Lipinski definition) is 0. The molecule has 0 aliphatic heterocycles. The predicted molar refractivity (Wildman–Crippen MR) is 67.1 cm³/mol. The van der Waals surface area contributed by atoms with Crippen LogP contribution in [0.25, 0.3) is 21.8 Å². The zero-order chi connectivity index (χ0) is 12.8. The van der Waals surface area contributed by atoms with Crippen LogP contribution in [-0.2, 0) is 10.9 Å². The van der Waals surface area contributed by atoms with E-state index in [1.807, 2.05) is 48.5 Å². The van der Waals surface area contributed by atoms with Gasteiger partial charge in [0.15, 0.2) is 0 Å². The molecule has 0 radical (unpaired) electrons. The van der Waals surface area contributed by atoms with Crippen molar-refractivity contribution >= 4 is 29.4 Å². The number of aromatic nitrogens is 1. The molecule has 0 N–H and O–H groups in total. The second-order valence-electron chi connectivity index (χ2n) is 4.21. The first kappa shape index (κ1) is 18.4. The molecule has 0 aliphatic carbocycles. The molecule has 20 heavy (non-hydrogen) atoms. The minimum absolute atomic E-state index is 0. The second kappa shape index (κ2) is 7.10. The Morgan fingerprint density at radius 3 is 1.65 bits per heavy atom. The van der Waals surface area contributed by atoms with Gasteiger partial charge >= 0.3 is 59.1 Å². The van der Waals surface area contributed by atoms with E-state index in [1.54, 1.807) is 4.57 Å². The molecule has 0 atom stereocenters. The van der Waals surface area contributed by atoms with E-state index in [-0.39, 0.29) is 59.1 Å². The van der Waals surface area contributed by atoms with E-state index in [0.717, 1.165) is 21.8 Å². The quantitative estimate of drug-likeness (QED) is 0.355. The number of para-hydroxylation sites is 2. The SMILES string of the molecule is O=P([O-])([O-])Cn1c2ccccc2c2ccccc21.[Na+].[Na+]. The number of nitrogens with zero attached hydrogens (tertiary/aromatic N) is 1. The van der Waals surface area contributed by atoms with Crippen LogP contribution in [0.3, 0.4) is 0 Å². The summed E-state index contributed by atoms with van der Waals surface area (Å²) >= 11 is 0. The van der Waals surface area contributed by atoms with E-state index in [1.165, 1.54) is 0 Å². The van der Waals surface area contributed by atoms with Gasteiger partial charge in [-0.05, 0) is 19.7 Å². The molecular formula is C13H10NNa2O3P.